The Kier molecular flexibility index (Phi) is 32.2. The molecule has 0 amide bonds. The summed E-state index contributed by atoms with van der Waals surface area (Å²) in [5, 5.41) is 15.3. The fourth-order valence-corrected chi connectivity index (χ4v) is 17.2. The largest absolute Gasteiger partial charge is 0.493 e. The first kappa shape index (κ1) is 83.4. The van der Waals surface area contributed by atoms with E-state index in [9.17, 15) is 11.8 Å². The minimum absolute atomic E-state index is 0.174. The minimum Gasteiger partial charge on any atom is -0.493 e. The molecular formula is C102H122B2N6O4. The quantitative estimate of drug-likeness (QED) is 0.0212. The lowest BCUT2D eigenvalue weighted by atomic mass is 9.50. The number of hydrogen-bond acceptors (Lipinski definition) is 7. The number of nitriles is 1. The Balaban J connectivity index is 1.16. The fraction of sp³-hybridized carbons (Fsp3) is 0.412. The first-order valence-corrected chi connectivity index (χ1v) is 44.0. The van der Waals surface area contributed by atoms with Crippen LogP contribution in [0.5, 0.6) is 11.5 Å². The highest BCUT2D eigenvalue weighted by Crippen LogP contribution is 2.40. The standard InChI is InChI=1S/C102H122B2N6O4/c1-8-12-16-20-24-26-30-38-50-79(49-36-28-22-18-14-10-3)75-111-87-67-65-81(66-68-87)97-95-94(99(89(74-105)101-107-90-71-77(5)63-69-92(90)113-101)109(97)103(83-54-40-32-41-55-83)84-56-42-33-43-57-84)98(82-53-48-62-88(73-82)112-76-80(51-37-29-23-19-15-11-4)52-39-31-27-25-21-17-13-9-2)110(104(85-58-44-34-45-59-85)86-60-46-35-47-61-86)100(95)96(106-7)102-108-91-72-78(6)64-70-93(91)114-102/h32-35,40-48,53-73,79-80H,8-31,36-39,49-52,75-76H2,1-6H3/b99-89-,100-96+. The highest BCUT2D eigenvalue weighted by Gasteiger charge is 2.38. The molecule has 4 heterocycles. The van der Waals surface area contributed by atoms with E-state index in [-0.39, 0.29) is 23.1 Å². The lowest BCUT2D eigenvalue weighted by molar-refractivity contribution is 0.224. The summed E-state index contributed by atoms with van der Waals surface area (Å²) in [6, 6.07) is 74.7. The van der Waals surface area contributed by atoms with Crippen LogP contribution in [0.15, 0.2) is 215 Å². The minimum atomic E-state index is -0.608. The molecule has 0 aliphatic carbocycles. The molecule has 2 atom stereocenters. The van der Waals surface area contributed by atoms with Crippen molar-refractivity contribution in [3.8, 4) is 40.1 Å². The van der Waals surface area contributed by atoms with Gasteiger partial charge in [-0.1, -0.05) is 375 Å². The average molecular weight is 1520 g/mol. The van der Waals surface area contributed by atoms with Crippen molar-refractivity contribution >= 4 is 79.8 Å². The van der Waals surface area contributed by atoms with E-state index in [1.54, 1.807) is 0 Å². The molecule has 0 aliphatic heterocycles. The van der Waals surface area contributed by atoms with E-state index in [1.165, 1.54) is 180 Å². The zero-order valence-corrected chi connectivity index (χ0v) is 69.3. The summed E-state index contributed by atoms with van der Waals surface area (Å²) in [6.45, 7) is 23.3. The number of rotatable bonds is 48. The van der Waals surface area contributed by atoms with Gasteiger partial charge in [0.1, 0.15) is 34.2 Å². The lowest BCUT2D eigenvalue weighted by Crippen LogP contribution is -2.54. The van der Waals surface area contributed by atoms with E-state index in [0.29, 0.717) is 68.7 Å². The van der Waals surface area contributed by atoms with Crippen LogP contribution in [0, 0.1) is 43.6 Å². The normalized spacial score (nSPS) is 12.6. The Hall–Kier alpha value is -10.0. The number of oxazole rings is 2. The van der Waals surface area contributed by atoms with Crippen molar-refractivity contribution < 1.29 is 18.3 Å². The van der Waals surface area contributed by atoms with Gasteiger partial charge in [-0.15, -0.1) is 0 Å². The number of unbranched alkanes of at least 4 members (excludes halogenated alkanes) is 24. The molecule has 0 spiro atoms. The van der Waals surface area contributed by atoms with Crippen molar-refractivity contribution in [2.75, 3.05) is 13.2 Å². The molecule has 2 unspecified atom stereocenters. The van der Waals surface area contributed by atoms with Gasteiger partial charge in [-0.3, -0.25) is 0 Å². The number of hydrogen-bond donors (Lipinski definition) is 0. The molecule has 0 fully saturated rings. The summed E-state index contributed by atoms with van der Waals surface area (Å²) < 4.78 is 33.2. The van der Waals surface area contributed by atoms with Gasteiger partial charge in [-0.05, 0) is 129 Å². The second kappa shape index (κ2) is 44.0. The monoisotopic (exact) mass is 1520 g/mol. The maximum absolute atomic E-state index is 12.8. The third-order valence-corrected chi connectivity index (χ3v) is 23.4. The summed E-state index contributed by atoms with van der Waals surface area (Å²) in [5.41, 5.74) is 12.0. The number of aryl methyl sites for hydroxylation is 2. The summed E-state index contributed by atoms with van der Waals surface area (Å²) in [5.74, 6) is 2.69. The Bertz CT molecular complexity index is 4970. The highest BCUT2D eigenvalue weighted by atomic mass is 16.5. The van der Waals surface area contributed by atoms with Crippen molar-refractivity contribution in [2.45, 2.75) is 247 Å². The number of nitrogens with zero attached hydrogens (tertiary/aromatic N) is 6. The van der Waals surface area contributed by atoms with Crippen molar-refractivity contribution in [1.82, 2.24) is 18.9 Å². The maximum atomic E-state index is 12.8. The van der Waals surface area contributed by atoms with E-state index in [2.05, 4.69) is 226 Å². The zero-order chi connectivity index (χ0) is 79.1. The molecule has 0 bridgehead atoms. The van der Waals surface area contributed by atoms with Crippen LogP contribution >= 0.6 is 0 Å². The Morgan fingerprint density at radius 3 is 1.18 bits per heavy atom. The van der Waals surface area contributed by atoms with Gasteiger partial charge in [-0.2, -0.15) is 5.26 Å². The molecule has 0 radical (unpaired) electrons. The van der Waals surface area contributed by atoms with Gasteiger partial charge >= 0.3 is 13.7 Å². The summed E-state index contributed by atoms with van der Waals surface area (Å²) in [7, 11) is 0. The van der Waals surface area contributed by atoms with Crippen molar-refractivity contribution in [1.29, 1.82) is 5.26 Å². The molecule has 8 aromatic carbocycles. The summed E-state index contributed by atoms with van der Waals surface area (Å²) in [6.07, 6.45) is 40.2. The number of ether oxygens (including phenoxy) is 2. The number of benzene rings is 8. The molecule has 114 heavy (non-hydrogen) atoms. The Morgan fingerprint density at radius 2 is 0.772 bits per heavy atom. The van der Waals surface area contributed by atoms with E-state index >= 15 is 0 Å². The summed E-state index contributed by atoms with van der Waals surface area (Å²) >= 11 is 0. The molecule has 10 nitrogen and oxygen atoms in total. The first-order chi connectivity index (χ1) is 56.2. The topological polar surface area (TPSA) is 109 Å². The van der Waals surface area contributed by atoms with Gasteiger partial charge in [0.2, 0.25) is 11.8 Å². The highest BCUT2D eigenvalue weighted by molar-refractivity contribution is 6.85. The average Bonchev–Trinajstić information content (AvgIpc) is 1.52. The van der Waals surface area contributed by atoms with Gasteiger partial charge in [0.15, 0.2) is 11.2 Å². The van der Waals surface area contributed by atoms with Gasteiger partial charge in [0.25, 0.3) is 5.70 Å². The second-order valence-electron chi connectivity index (χ2n) is 32.3. The maximum Gasteiger partial charge on any atom is 0.328 e. The van der Waals surface area contributed by atoms with Crippen LogP contribution in [0.3, 0.4) is 0 Å². The van der Waals surface area contributed by atoms with Gasteiger partial charge < -0.3 is 27.3 Å². The molecule has 590 valence electrons. The van der Waals surface area contributed by atoms with E-state index < -0.39 is 13.7 Å². The summed E-state index contributed by atoms with van der Waals surface area (Å²) in [4.78, 5) is 15.5. The van der Waals surface area contributed by atoms with Gasteiger partial charge in [-0.25, -0.2) is 14.8 Å². The van der Waals surface area contributed by atoms with Crippen LogP contribution < -0.4 is 42.0 Å². The number of fused-ring (bicyclic) bond motifs is 3. The third-order valence-electron chi connectivity index (χ3n) is 23.4. The molecule has 12 rings (SSSR count). The van der Waals surface area contributed by atoms with E-state index in [1.807, 2.05) is 36.4 Å². The van der Waals surface area contributed by atoms with Crippen LogP contribution in [-0.2, 0) is 0 Å². The molecule has 12 aromatic rings. The molecule has 0 aliphatic rings. The molecule has 0 saturated carbocycles. The van der Waals surface area contributed by atoms with Crippen molar-refractivity contribution in [3.05, 3.63) is 251 Å². The molecule has 12 heteroatoms. The fourth-order valence-electron chi connectivity index (χ4n) is 17.2. The van der Waals surface area contributed by atoms with Crippen LogP contribution in [0.2, 0.25) is 0 Å². The number of aromatic nitrogens is 4. The Labute approximate surface area is 681 Å². The van der Waals surface area contributed by atoms with Gasteiger partial charge in [0.05, 0.1) is 30.5 Å². The third kappa shape index (κ3) is 21.9. The molecule has 0 N–H and O–H groups in total. The second-order valence-corrected chi connectivity index (χ2v) is 32.3. The Morgan fingerprint density at radius 1 is 0.404 bits per heavy atom. The van der Waals surface area contributed by atoms with Crippen LogP contribution in [-0.4, -0.2) is 45.8 Å². The van der Waals surface area contributed by atoms with E-state index in [0.717, 1.165) is 92.7 Å². The SMILES string of the molecule is [C-]#[N+]/C(c1nc2cc(C)ccc2o1)=c1\c2c(-c3ccc(OCC(CCCCCCCC)CCCCCCCCCC)cc3)n(B(c3ccccc3)c3ccccc3)/c(=C(/C#N)c3nc4cc(C)ccc4o3)c2c(-c2cccc(OCC(CCCCCCCC)CCCCCCCCCC)c2)n1B(c1ccccc1)c1ccccc1. The van der Waals surface area contributed by atoms with Crippen molar-refractivity contribution in [2.24, 2.45) is 11.8 Å². The molecule has 4 aromatic heterocycles. The first-order valence-electron chi connectivity index (χ1n) is 44.0. The van der Waals surface area contributed by atoms with Crippen LogP contribution in [0.25, 0.3) is 71.6 Å². The molecule has 0 saturated heterocycles. The predicted molar refractivity (Wildman–Crippen MR) is 480 cm³/mol. The molecular weight excluding hydrogens is 1390 g/mol. The van der Waals surface area contributed by atoms with Crippen LogP contribution in [0.4, 0.5) is 0 Å². The zero-order valence-electron chi connectivity index (χ0n) is 69.3. The van der Waals surface area contributed by atoms with Gasteiger partial charge in [0, 0.05) is 27.7 Å². The lowest BCUT2D eigenvalue weighted by Gasteiger charge is -2.24. The van der Waals surface area contributed by atoms with Crippen LogP contribution in [0.1, 0.15) is 256 Å². The van der Waals surface area contributed by atoms with Crippen molar-refractivity contribution in [3.63, 3.8) is 0 Å². The predicted octanol–water partition coefficient (Wildman–Crippen LogP) is 24.3. The van der Waals surface area contributed by atoms with E-state index in [4.69, 9.17) is 33.1 Å². The smallest absolute Gasteiger partial charge is 0.328 e.